The normalized spacial score (nSPS) is 17.2. The number of anilines is 1. The molecule has 3 amide bonds. The Labute approximate surface area is 273 Å². The number of carboxylic acid groups (broad SMARTS) is 1. The first kappa shape index (κ1) is 31.4. The summed E-state index contributed by atoms with van der Waals surface area (Å²) in [5.74, 6) is -0.651. The maximum atomic E-state index is 14.3. The van der Waals surface area contributed by atoms with E-state index in [4.69, 9.17) is 9.47 Å². The number of hydrogen-bond donors (Lipinski definition) is 3. The molecule has 9 heteroatoms. The van der Waals surface area contributed by atoms with Crippen LogP contribution in [0.15, 0.2) is 121 Å². The summed E-state index contributed by atoms with van der Waals surface area (Å²) >= 11 is 0. The average Bonchev–Trinajstić information content (AvgIpc) is 3.64. The van der Waals surface area contributed by atoms with E-state index in [1.807, 2.05) is 65.6 Å². The summed E-state index contributed by atoms with van der Waals surface area (Å²) in [6, 6.07) is 33.4. The fourth-order valence-electron chi connectivity index (χ4n) is 6.64. The van der Waals surface area contributed by atoms with Crippen LogP contribution in [0.3, 0.4) is 0 Å². The number of allylic oxidation sites excluding steroid dienone is 1. The molecular weight excluding hydrogens is 594 g/mol. The van der Waals surface area contributed by atoms with E-state index in [0.717, 1.165) is 35.3 Å². The van der Waals surface area contributed by atoms with Crippen molar-refractivity contribution in [3.8, 4) is 0 Å². The van der Waals surface area contributed by atoms with Gasteiger partial charge in [0.05, 0.1) is 18.2 Å². The second kappa shape index (κ2) is 14.7. The third-order valence-corrected chi connectivity index (χ3v) is 8.82. The highest BCUT2D eigenvalue weighted by atomic mass is 16.7. The minimum atomic E-state index is -1.10. The number of urea groups is 1. The lowest BCUT2D eigenvalue weighted by Gasteiger charge is -2.44. The van der Waals surface area contributed by atoms with E-state index in [-0.39, 0.29) is 42.7 Å². The molecule has 0 saturated heterocycles. The van der Waals surface area contributed by atoms with Crippen molar-refractivity contribution >= 4 is 23.6 Å². The van der Waals surface area contributed by atoms with Gasteiger partial charge in [-0.25, -0.2) is 9.59 Å². The van der Waals surface area contributed by atoms with Crippen LogP contribution in [0.5, 0.6) is 0 Å². The Morgan fingerprint density at radius 1 is 0.872 bits per heavy atom. The number of carboxylic acids is 1. The Balaban J connectivity index is 1.32. The smallest absolute Gasteiger partial charge is 0.335 e. The molecule has 3 unspecified atom stereocenters. The number of ether oxygens (including phenoxy) is 2. The molecule has 1 heterocycles. The lowest BCUT2D eigenvalue weighted by Crippen LogP contribution is -2.47. The fraction of sp³-hybridized carbons (Fsp3) is 0.237. The molecule has 0 aromatic heterocycles. The molecule has 0 fully saturated rings. The summed E-state index contributed by atoms with van der Waals surface area (Å²) in [5.41, 5.74) is 4.77. The van der Waals surface area contributed by atoms with Crippen LogP contribution in [0.4, 0.5) is 10.5 Å². The van der Waals surface area contributed by atoms with E-state index in [9.17, 15) is 19.5 Å². The van der Waals surface area contributed by atoms with E-state index >= 15 is 0 Å². The largest absolute Gasteiger partial charge is 0.478 e. The van der Waals surface area contributed by atoms with Crippen molar-refractivity contribution < 1.29 is 29.0 Å². The van der Waals surface area contributed by atoms with Crippen LogP contribution in [0.1, 0.15) is 45.1 Å². The number of aryl methyl sites for hydroxylation is 1. The van der Waals surface area contributed by atoms with Gasteiger partial charge in [-0.3, -0.25) is 4.79 Å². The molecule has 47 heavy (non-hydrogen) atoms. The quantitative estimate of drug-likeness (QED) is 0.173. The molecule has 3 N–H and O–H groups in total. The molecule has 9 nitrogen and oxygen atoms in total. The second-order valence-electron chi connectivity index (χ2n) is 11.8. The van der Waals surface area contributed by atoms with E-state index in [0.29, 0.717) is 18.7 Å². The van der Waals surface area contributed by atoms with Crippen LogP contribution in [0, 0.1) is 11.8 Å². The van der Waals surface area contributed by atoms with E-state index in [1.165, 1.54) is 17.7 Å². The van der Waals surface area contributed by atoms with E-state index in [2.05, 4.69) is 34.9 Å². The predicted octanol–water partition coefficient (Wildman–Crippen LogP) is 6.54. The monoisotopic (exact) mass is 631 g/mol. The van der Waals surface area contributed by atoms with Gasteiger partial charge in [-0.05, 0) is 65.6 Å². The van der Waals surface area contributed by atoms with E-state index in [1.54, 1.807) is 18.4 Å². The summed E-state index contributed by atoms with van der Waals surface area (Å²) < 4.78 is 11.6. The summed E-state index contributed by atoms with van der Waals surface area (Å²) in [4.78, 5) is 40.5. The molecule has 4 aromatic carbocycles. The predicted molar refractivity (Wildman–Crippen MR) is 177 cm³/mol. The van der Waals surface area contributed by atoms with Crippen molar-refractivity contribution in [2.75, 3.05) is 18.7 Å². The van der Waals surface area contributed by atoms with Crippen molar-refractivity contribution in [2.45, 2.75) is 31.8 Å². The number of hydrogen-bond acceptors (Lipinski definition) is 5. The van der Waals surface area contributed by atoms with Crippen molar-refractivity contribution in [1.29, 1.82) is 0 Å². The van der Waals surface area contributed by atoms with Gasteiger partial charge in [0.1, 0.15) is 12.0 Å². The maximum absolute atomic E-state index is 14.3. The average molecular weight is 632 g/mol. The number of carbonyl (C=O) groups excluding carboxylic acids is 2. The van der Waals surface area contributed by atoms with Crippen LogP contribution < -0.4 is 10.6 Å². The van der Waals surface area contributed by atoms with Gasteiger partial charge in [-0.2, -0.15) is 0 Å². The first-order valence-electron chi connectivity index (χ1n) is 15.7. The number of carbonyl (C=O) groups is 3. The SMILES string of the molecule is O=C(NCC(=O)N(Cc1ccccc1)C1c2ccccc2CCC1C(Cc1ccccc1)C1=COCO1)Nc1cccc(C(=O)O)c1. The number of nitrogens with one attached hydrogen (secondary N) is 2. The maximum Gasteiger partial charge on any atom is 0.335 e. The van der Waals surface area contributed by atoms with Gasteiger partial charge in [0.2, 0.25) is 12.7 Å². The highest BCUT2D eigenvalue weighted by molar-refractivity contribution is 5.94. The van der Waals surface area contributed by atoms with Crippen molar-refractivity contribution in [3.05, 3.63) is 149 Å². The molecule has 4 aromatic rings. The Kier molecular flexibility index (Phi) is 9.81. The Hall–Kier alpha value is -5.57. The fourth-order valence-corrected chi connectivity index (χ4v) is 6.64. The third-order valence-electron chi connectivity index (χ3n) is 8.82. The Bertz CT molecular complexity index is 1740. The number of rotatable bonds is 11. The zero-order valence-corrected chi connectivity index (χ0v) is 25.9. The van der Waals surface area contributed by atoms with Gasteiger partial charge in [0, 0.05) is 18.2 Å². The molecular formula is C38H37N3O6. The summed E-state index contributed by atoms with van der Waals surface area (Å²) in [7, 11) is 0. The zero-order chi connectivity index (χ0) is 32.6. The van der Waals surface area contributed by atoms with Gasteiger partial charge >= 0.3 is 12.0 Å². The Morgan fingerprint density at radius 2 is 1.60 bits per heavy atom. The minimum absolute atomic E-state index is 0.0155. The topological polar surface area (TPSA) is 117 Å². The molecule has 0 radical (unpaired) electrons. The van der Waals surface area contributed by atoms with Crippen molar-refractivity contribution in [3.63, 3.8) is 0 Å². The van der Waals surface area contributed by atoms with E-state index < -0.39 is 12.0 Å². The first-order chi connectivity index (χ1) is 23.0. The molecule has 6 rings (SSSR count). The minimum Gasteiger partial charge on any atom is -0.478 e. The molecule has 0 saturated carbocycles. The van der Waals surface area contributed by atoms with Gasteiger partial charge < -0.3 is 30.1 Å². The zero-order valence-electron chi connectivity index (χ0n) is 25.9. The van der Waals surface area contributed by atoms with Crippen LogP contribution >= 0.6 is 0 Å². The van der Waals surface area contributed by atoms with Crippen LogP contribution in [-0.4, -0.2) is 41.3 Å². The van der Waals surface area contributed by atoms with Crippen LogP contribution in [-0.2, 0) is 33.7 Å². The summed E-state index contributed by atoms with van der Waals surface area (Å²) in [6.07, 6.45) is 4.11. The lowest BCUT2D eigenvalue weighted by molar-refractivity contribution is -0.135. The van der Waals surface area contributed by atoms with Crippen LogP contribution in [0.25, 0.3) is 0 Å². The molecule has 1 aliphatic carbocycles. The summed E-state index contributed by atoms with van der Waals surface area (Å²) in [5, 5.41) is 14.7. The molecule has 0 spiro atoms. The summed E-state index contributed by atoms with van der Waals surface area (Å²) in [6.45, 7) is 0.248. The van der Waals surface area contributed by atoms with Gasteiger partial charge in [-0.15, -0.1) is 0 Å². The Morgan fingerprint density at radius 3 is 2.32 bits per heavy atom. The first-order valence-corrected chi connectivity index (χ1v) is 15.7. The van der Waals surface area contributed by atoms with Gasteiger partial charge in [-0.1, -0.05) is 91.0 Å². The van der Waals surface area contributed by atoms with Gasteiger partial charge in [0.15, 0.2) is 0 Å². The second-order valence-corrected chi connectivity index (χ2v) is 11.8. The highest BCUT2D eigenvalue weighted by Crippen LogP contribution is 2.46. The van der Waals surface area contributed by atoms with Crippen molar-refractivity contribution in [2.24, 2.45) is 11.8 Å². The molecule has 0 bridgehead atoms. The lowest BCUT2D eigenvalue weighted by atomic mass is 9.70. The molecule has 1 aliphatic heterocycles. The molecule has 3 atom stereocenters. The molecule has 240 valence electrons. The number of benzene rings is 4. The molecule has 2 aliphatic rings. The van der Waals surface area contributed by atoms with Crippen LogP contribution in [0.2, 0.25) is 0 Å². The number of aromatic carboxylic acids is 1. The standard InChI is InChI=1S/C38H37N3O6/c42-35(22-39-38(45)40-30-16-9-15-29(21-30)37(43)44)41(23-27-12-5-2-6-13-27)36-31-17-8-7-14-28(31)18-19-32(36)33(34-24-46-25-47-34)20-26-10-3-1-4-11-26/h1-17,21,24,32-33,36H,18-20,22-23,25H2,(H,43,44)(H2,39,40,45). The number of fused-ring (bicyclic) bond motifs is 1. The highest BCUT2D eigenvalue weighted by Gasteiger charge is 2.42. The third kappa shape index (κ3) is 7.64. The van der Waals surface area contributed by atoms with Gasteiger partial charge in [0.25, 0.3) is 0 Å². The number of nitrogens with zero attached hydrogens (tertiary/aromatic N) is 1. The van der Waals surface area contributed by atoms with Crippen molar-refractivity contribution in [1.82, 2.24) is 10.2 Å². The number of amides is 3.